The molecule has 5 nitrogen and oxygen atoms in total. The van der Waals surface area contributed by atoms with E-state index in [1.165, 1.54) is 0 Å². The number of hydrogen-bond donors (Lipinski definition) is 0. The molecule has 0 saturated carbocycles. The van der Waals surface area contributed by atoms with Crippen LogP contribution in [-0.2, 0) is 6.67 Å². The van der Waals surface area contributed by atoms with Gasteiger partial charge in [-0.3, -0.25) is 9.30 Å². The second-order valence-electron chi connectivity index (χ2n) is 5.23. The molecule has 0 aliphatic rings. The number of fused-ring (bicyclic) bond motifs is 1. The lowest BCUT2D eigenvalue weighted by Gasteiger charge is -2.16. The van der Waals surface area contributed by atoms with E-state index < -0.39 is 0 Å². The molecule has 0 unspecified atom stereocenters. The Labute approximate surface area is 144 Å². The molecule has 3 aromatic rings. The maximum absolute atomic E-state index is 5.85. The van der Waals surface area contributed by atoms with Gasteiger partial charge in [-0.15, -0.1) is 0 Å². The predicted octanol–water partition coefficient (Wildman–Crippen LogP) is 3.49. The van der Waals surface area contributed by atoms with Crippen molar-refractivity contribution in [1.29, 1.82) is 0 Å². The summed E-state index contributed by atoms with van der Waals surface area (Å²) in [4.78, 5) is 2.11. The van der Waals surface area contributed by atoms with Gasteiger partial charge < -0.3 is 4.74 Å². The van der Waals surface area contributed by atoms with Gasteiger partial charge in [-0.25, -0.2) is 4.68 Å². The summed E-state index contributed by atoms with van der Waals surface area (Å²) in [6.45, 7) is 1.96. The maximum atomic E-state index is 5.85. The van der Waals surface area contributed by atoms with Crippen molar-refractivity contribution in [3.8, 4) is 5.75 Å². The normalized spacial score (nSPS) is 11.3. The van der Waals surface area contributed by atoms with E-state index in [4.69, 9.17) is 28.6 Å². The van der Waals surface area contributed by atoms with E-state index in [1.54, 1.807) is 0 Å². The van der Waals surface area contributed by atoms with E-state index in [2.05, 4.69) is 10.00 Å². The van der Waals surface area contributed by atoms with Gasteiger partial charge in [0.1, 0.15) is 12.4 Å². The summed E-state index contributed by atoms with van der Waals surface area (Å²) in [5, 5.41) is 5.21. The summed E-state index contributed by atoms with van der Waals surface area (Å²) in [5.74, 6) is 0.812. The number of pyridine rings is 1. The molecule has 2 heterocycles. The Morgan fingerprint density at radius 2 is 2.00 bits per heavy atom. The Hall–Kier alpha value is -1.89. The molecule has 0 radical (unpaired) electrons. The van der Waals surface area contributed by atoms with Gasteiger partial charge in [0.15, 0.2) is 5.65 Å². The standard InChI is InChI=1S/C16H17ClN4OS/c1-19(10-11-22-14-7-5-13(17)6-8-14)12-21-16(23)20-9-3-2-4-15(20)18-21/h2-9H,10-12H2,1H3. The van der Waals surface area contributed by atoms with Gasteiger partial charge in [0.05, 0.1) is 6.67 Å². The molecule has 0 N–H and O–H groups in total. The third-order valence-electron chi connectivity index (χ3n) is 3.42. The summed E-state index contributed by atoms with van der Waals surface area (Å²) in [5.41, 5.74) is 0.850. The summed E-state index contributed by atoms with van der Waals surface area (Å²) >= 11 is 11.3. The summed E-state index contributed by atoms with van der Waals surface area (Å²) in [6.07, 6.45) is 1.92. The molecule has 0 spiro atoms. The van der Waals surface area contributed by atoms with Crippen molar-refractivity contribution in [1.82, 2.24) is 19.1 Å². The first-order chi connectivity index (χ1) is 11.1. The molecule has 0 amide bonds. The molecule has 1 aromatic carbocycles. The van der Waals surface area contributed by atoms with Crippen molar-refractivity contribution in [2.75, 3.05) is 20.2 Å². The lowest BCUT2D eigenvalue weighted by Crippen LogP contribution is -2.27. The van der Waals surface area contributed by atoms with Crippen LogP contribution >= 0.6 is 23.8 Å². The van der Waals surface area contributed by atoms with Crippen LogP contribution in [0.25, 0.3) is 5.65 Å². The highest BCUT2D eigenvalue weighted by molar-refractivity contribution is 7.71. The Balaban J connectivity index is 1.56. The van der Waals surface area contributed by atoms with Crippen molar-refractivity contribution >= 4 is 29.5 Å². The highest BCUT2D eigenvalue weighted by atomic mass is 35.5. The predicted molar refractivity (Wildman–Crippen MR) is 93.6 cm³/mol. The van der Waals surface area contributed by atoms with Crippen LogP contribution in [0.2, 0.25) is 5.02 Å². The van der Waals surface area contributed by atoms with Crippen molar-refractivity contribution in [2.24, 2.45) is 0 Å². The molecule has 0 fully saturated rings. The molecule has 0 bridgehead atoms. The SMILES string of the molecule is CN(CCOc1ccc(Cl)cc1)Cn1nc2ccccn2c1=S. The molecule has 7 heteroatoms. The lowest BCUT2D eigenvalue weighted by atomic mass is 10.3. The molecular formula is C16H17ClN4OS. The third kappa shape index (κ3) is 3.90. The van der Waals surface area contributed by atoms with Crippen LogP contribution in [-0.4, -0.2) is 39.3 Å². The molecule has 2 aromatic heterocycles. The van der Waals surface area contributed by atoms with E-state index >= 15 is 0 Å². The second-order valence-corrected chi connectivity index (χ2v) is 6.04. The Kier molecular flexibility index (Phi) is 4.95. The molecule has 0 aliphatic carbocycles. The van der Waals surface area contributed by atoms with Crippen molar-refractivity contribution in [2.45, 2.75) is 6.67 Å². The Morgan fingerprint density at radius 3 is 2.74 bits per heavy atom. The van der Waals surface area contributed by atoms with E-state index in [0.717, 1.165) is 17.9 Å². The molecule has 0 atom stereocenters. The van der Waals surface area contributed by atoms with Gasteiger partial charge in [0, 0.05) is 17.8 Å². The Morgan fingerprint density at radius 1 is 1.22 bits per heavy atom. The number of halogens is 1. The van der Waals surface area contributed by atoms with Crippen molar-refractivity contribution in [3.63, 3.8) is 0 Å². The first-order valence-electron chi connectivity index (χ1n) is 7.24. The average molecular weight is 349 g/mol. The maximum Gasteiger partial charge on any atom is 0.203 e. The molecule has 120 valence electrons. The first kappa shape index (κ1) is 16.0. The molecule has 23 heavy (non-hydrogen) atoms. The largest absolute Gasteiger partial charge is 0.492 e. The zero-order chi connectivity index (χ0) is 16.2. The van der Waals surface area contributed by atoms with Crippen molar-refractivity contribution < 1.29 is 4.74 Å². The molecular weight excluding hydrogens is 332 g/mol. The number of benzene rings is 1. The summed E-state index contributed by atoms with van der Waals surface area (Å²) in [7, 11) is 2.01. The fraction of sp³-hybridized carbons (Fsp3) is 0.250. The lowest BCUT2D eigenvalue weighted by molar-refractivity contribution is 0.198. The number of nitrogens with zero attached hydrogens (tertiary/aromatic N) is 4. The van der Waals surface area contributed by atoms with E-state index in [-0.39, 0.29) is 0 Å². The highest BCUT2D eigenvalue weighted by Crippen LogP contribution is 2.15. The van der Waals surface area contributed by atoms with Crippen LogP contribution in [0.4, 0.5) is 0 Å². The van der Waals surface area contributed by atoms with Gasteiger partial charge in [-0.05, 0) is 55.7 Å². The monoisotopic (exact) mass is 348 g/mol. The van der Waals surface area contributed by atoms with Gasteiger partial charge in [0.2, 0.25) is 4.77 Å². The number of likely N-dealkylation sites (N-methyl/N-ethyl adjacent to an activating group) is 1. The smallest absolute Gasteiger partial charge is 0.203 e. The van der Waals surface area contributed by atoms with Crippen LogP contribution in [0.3, 0.4) is 0 Å². The van der Waals surface area contributed by atoms with Crippen LogP contribution < -0.4 is 4.74 Å². The number of ether oxygens (including phenoxy) is 1. The fourth-order valence-electron chi connectivity index (χ4n) is 2.21. The molecule has 0 saturated heterocycles. The number of aromatic nitrogens is 3. The summed E-state index contributed by atoms with van der Waals surface area (Å²) < 4.78 is 10.1. The first-order valence-corrected chi connectivity index (χ1v) is 8.03. The Bertz CT molecular complexity index is 843. The quantitative estimate of drug-likeness (QED) is 0.639. The van der Waals surface area contributed by atoms with E-state index in [9.17, 15) is 0 Å². The molecule has 0 aliphatic heterocycles. The molecule has 3 rings (SSSR count). The number of rotatable bonds is 6. The van der Waals surface area contributed by atoms with Gasteiger partial charge >= 0.3 is 0 Å². The van der Waals surface area contributed by atoms with E-state index in [0.29, 0.717) is 23.1 Å². The minimum atomic E-state index is 0.582. The van der Waals surface area contributed by atoms with Crippen LogP contribution in [0.15, 0.2) is 48.7 Å². The van der Waals surface area contributed by atoms with Crippen molar-refractivity contribution in [3.05, 3.63) is 58.5 Å². The second kappa shape index (κ2) is 7.12. The van der Waals surface area contributed by atoms with E-state index in [1.807, 2.05) is 64.8 Å². The third-order valence-corrected chi connectivity index (χ3v) is 4.08. The topological polar surface area (TPSA) is 34.7 Å². The van der Waals surface area contributed by atoms with Crippen LogP contribution in [0.1, 0.15) is 0 Å². The van der Waals surface area contributed by atoms with Gasteiger partial charge in [-0.1, -0.05) is 17.7 Å². The van der Waals surface area contributed by atoms with Gasteiger partial charge in [-0.2, -0.15) is 5.10 Å². The zero-order valence-corrected chi connectivity index (χ0v) is 14.3. The minimum absolute atomic E-state index is 0.582. The summed E-state index contributed by atoms with van der Waals surface area (Å²) in [6, 6.07) is 13.2. The zero-order valence-electron chi connectivity index (χ0n) is 12.7. The number of hydrogen-bond acceptors (Lipinski definition) is 4. The fourth-order valence-corrected chi connectivity index (χ4v) is 2.59. The minimum Gasteiger partial charge on any atom is -0.492 e. The van der Waals surface area contributed by atoms with Crippen LogP contribution in [0.5, 0.6) is 5.75 Å². The van der Waals surface area contributed by atoms with Gasteiger partial charge in [0.25, 0.3) is 0 Å². The van der Waals surface area contributed by atoms with Crippen LogP contribution in [0, 0.1) is 4.77 Å². The highest BCUT2D eigenvalue weighted by Gasteiger charge is 2.06. The average Bonchev–Trinajstić information content (AvgIpc) is 2.86.